The zero-order chi connectivity index (χ0) is 22.1. The molecule has 0 aromatic carbocycles. The number of nitrogens with zero attached hydrogens (tertiary/aromatic N) is 4. The molecule has 1 aliphatic rings. The summed E-state index contributed by atoms with van der Waals surface area (Å²) in [5, 5.41) is 4.26. The van der Waals surface area contributed by atoms with Crippen LogP contribution in [-0.2, 0) is 13.1 Å². The van der Waals surface area contributed by atoms with Gasteiger partial charge >= 0.3 is 0 Å². The molecule has 5 rings (SSSR count). The van der Waals surface area contributed by atoms with Gasteiger partial charge in [-0.15, -0.1) is 0 Å². The number of thiocarbonyl (C=S) groups is 1. The lowest BCUT2D eigenvalue weighted by atomic mass is 9.96. The van der Waals surface area contributed by atoms with Crippen LogP contribution in [0.4, 0.5) is 0 Å². The highest BCUT2D eigenvalue weighted by atomic mass is 32.1. The number of hydrogen-bond acceptors (Lipinski definition) is 4. The minimum Gasteiger partial charge on any atom is -0.467 e. The van der Waals surface area contributed by atoms with Gasteiger partial charge in [0.2, 0.25) is 0 Å². The summed E-state index contributed by atoms with van der Waals surface area (Å²) in [4.78, 5) is 11.2. The van der Waals surface area contributed by atoms with Crippen molar-refractivity contribution < 1.29 is 4.42 Å². The molecule has 0 spiro atoms. The van der Waals surface area contributed by atoms with Gasteiger partial charge < -0.3 is 19.2 Å². The van der Waals surface area contributed by atoms with Gasteiger partial charge in [-0.3, -0.25) is 9.97 Å². The molecular formula is C25H25N5OS. The zero-order valence-corrected chi connectivity index (χ0v) is 18.9. The van der Waals surface area contributed by atoms with Crippen molar-refractivity contribution in [1.82, 2.24) is 24.8 Å². The normalized spacial score (nSPS) is 18.2. The third-order valence-electron chi connectivity index (χ3n) is 6.10. The summed E-state index contributed by atoms with van der Waals surface area (Å²) in [5.41, 5.74) is 5.72. The van der Waals surface area contributed by atoms with E-state index in [1.54, 1.807) is 12.5 Å². The van der Waals surface area contributed by atoms with Crippen LogP contribution in [0.3, 0.4) is 0 Å². The number of rotatable bonds is 6. The second-order valence-electron chi connectivity index (χ2n) is 8.11. The van der Waals surface area contributed by atoms with Crippen molar-refractivity contribution in [1.29, 1.82) is 0 Å². The molecule has 0 unspecified atom stereocenters. The predicted molar refractivity (Wildman–Crippen MR) is 127 cm³/mol. The minimum atomic E-state index is -0.0436. The number of pyridine rings is 2. The monoisotopic (exact) mass is 443 g/mol. The first kappa shape index (κ1) is 20.5. The van der Waals surface area contributed by atoms with Crippen molar-refractivity contribution >= 4 is 17.3 Å². The lowest BCUT2D eigenvalue weighted by Gasteiger charge is -2.28. The van der Waals surface area contributed by atoms with Crippen molar-refractivity contribution in [3.63, 3.8) is 0 Å². The van der Waals surface area contributed by atoms with Crippen molar-refractivity contribution in [2.24, 2.45) is 0 Å². The summed E-state index contributed by atoms with van der Waals surface area (Å²) < 4.78 is 7.91. The Morgan fingerprint density at radius 2 is 1.97 bits per heavy atom. The summed E-state index contributed by atoms with van der Waals surface area (Å²) in [6.45, 7) is 5.69. The van der Waals surface area contributed by atoms with Crippen LogP contribution in [0, 0.1) is 13.8 Å². The maximum absolute atomic E-state index is 5.81. The number of aryl methyl sites for hydroxylation is 1. The highest BCUT2D eigenvalue weighted by Gasteiger charge is 2.41. The summed E-state index contributed by atoms with van der Waals surface area (Å²) in [6, 6.07) is 16.2. The van der Waals surface area contributed by atoms with E-state index in [-0.39, 0.29) is 12.1 Å². The van der Waals surface area contributed by atoms with Gasteiger partial charge in [-0.1, -0.05) is 12.1 Å². The van der Waals surface area contributed by atoms with Crippen LogP contribution in [0.2, 0.25) is 0 Å². The number of furan rings is 1. The fourth-order valence-electron chi connectivity index (χ4n) is 4.53. The van der Waals surface area contributed by atoms with Gasteiger partial charge in [0.05, 0.1) is 30.6 Å². The molecule has 1 saturated heterocycles. The van der Waals surface area contributed by atoms with E-state index in [2.05, 4.69) is 56.8 Å². The van der Waals surface area contributed by atoms with Crippen LogP contribution in [0.1, 0.15) is 46.1 Å². The molecule has 7 heteroatoms. The topological polar surface area (TPSA) is 59.1 Å². The Kier molecular flexibility index (Phi) is 5.49. The molecule has 6 nitrogen and oxygen atoms in total. The highest BCUT2D eigenvalue weighted by Crippen LogP contribution is 2.41. The maximum Gasteiger partial charge on any atom is 0.170 e. The van der Waals surface area contributed by atoms with Crippen LogP contribution in [0.5, 0.6) is 0 Å². The first-order valence-electron chi connectivity index (χ1n) is 10.7. The van der Waals surface area contributed by atoms with Crippen LogP contribution in [-0.4, -0.2) is 24.5 Å². The van der Waals surface area contributed by atoms with E-state index in [0.717, 1.165) is 22.1 Å². The molecule has 0 radical (unpaired) electrons. The van der Waals surface area contributed by atoms with Crippen LogP contribution in [0.25, 0.3) is 0 Å². The van der Waals surface area contributed by atoms with Crippen molar-refractivity contribution in [2.45, 2.75) is 39.0 Å². The maximum atomic E-state index is 5.81. The Morgan fingerprint density at radius 1 is 1.06 bits per heavy atom. The third-order valence-corrected chi connectivity index (χ3v) is 6.45. The molecule has 5 heterocycles. The molecule has 1 fully saturated rings. The minimum absolute atomic E-state index is 0.00848. The van der Waals surface area contributed by atoms with Gasteiger partial charge in [0.25, 0.3) is 0 Å². The van der Waals surface area contributed by atoms with Crippen LogP contribution in [0.15, 0.2) is 77.8 Å². The second-order valence-corrected chi connectivity index (χ2v) is 8.49. The fourth-order valence-corrected chi connectivity index (χ4v) is 4.84. The summed E-state index contributed by atoms with van der Waals surface area (Å²) in [7, 11) is 0. The summed E-state index contributed by atoms with van der Waals surface area (Å²) in [6.07, 6.45) is 7.24. The van der Waals surface area contributed by atoms with Gasteiger partial charge in [-0.05, 0) is 73.6 Å². The molecule has 1 N–H and O–H groups in total. The lowest BCUT2D eigenvalue weighted by molar-refractivity contribution is 0.309. The Labute approximate surface area is 192 Å². The smallest absolute Gasteiger partial charge is 0.170 e. The Hall–Kier alpha value is -3.45. The van der Waals surface area contributed by atoms with Crippen molar-refractivity contribution in [3.8, 4) is 0 Å². The third kappa shape index (κ3) is 3.80. The molecule has 0 amide bonds. The first-order chi connectivity index (χ1) is 15.6. The molecule has 4 aromatic heterocycles. The zero-order valence-electron chi connectivity index (χ0n) is 18.1. The molecular weight excluding hydrogens is 418 g/mol. The summed E-state index contributed by atoms with van der Waals surface area (Å²) in [5.74, 6) is 0.937. The average Bonchev–Trinajstić information content (AvgIpc) is 3.51. The molecule has 0 saturated carbocycles. The SMILES string of the molecule is Cc1cc([C@@H]2[C@@H](c3ccccn3)NC(=S)N2Cc2cccnc2)c(C)n1Cc1ccco1. The van der Waals surface area contributed by atoms with Crippen LogP contribution < -0.4 is 5.32 Å². The van der Waals surface area contributed by atoms with Crippen molar-refractivity contribution in [2.75, 3.05) is 0 Å². The number of hydrogen-bond donors (Lipinski definition) is 1. The van der Waals surface area contributed by atoms with Crippen LogP contribution >= 0.6 is 12.2 Å². The quantitative estimate of drug-likeness (QED) is 0.436. The van der Waals surface area contributed by atoms with E-state index in [4.69, 9.17) is 16.6 Å². The van der Waals surface area contributed by atoms with Gasteiger partial charge in [-0.2, -0.15) is 0 Å². The van der Waals surface area contributed by atoms with E-state index in [1.165, 1.54) is 17.0 Å². The summed E-state index contributed by atoms with van der Waals surface area (Å²) >= 11 is 5.81. The fraction of sp³-hybridized carbons (Fsp3) is 0.240. The van der Waals surface area contributed by atoms with Gasteiger partial charge in [0, 0.05) is 36.5 Å². The van der Waals surface area contributed by atoms with E-state index in [0.29, 0.717) is 13.1 Å². The van der Waals surface area contributed by atoms with E-state index in [9.17, 15) is 0 Å². The van der Waals surface area contributed by atoms with Gasteiger partial charge in [0.1, 0.15) is 5.76 Å². The van der Waals surface area contributed by atoms with E-state index >= 15 is 0 Å². The Morgan fingerprint density at radius 3 is 2.69 bits per heavy atom. The molecule has 1 aliphatic heterocycles. The average molecular weight is 444 g/mol. The molecule has 4 aromatic rings. The van der Waals surface area contributed by atoms with Gasteiger partial charge in [0.15, 0.2) is 5.11 Å². The Balaban J connectivity index is 1.57. The second kappa shape index (κ2) is 8.59. The predicted octanol–water partition coefficient (Wildman–Crippen LogP) is 4.71. The highest BCUT2D eigenvalue weighted by molar-refractivity contribution is 7.80. The first-order valence-corrected chi connectivity index (χ1v) is 11.1. The number of nitrogens with one attached hydrogen (secondary N) is 1. The largest absolute Gasteiger partial charge is 0.467 e. The number of aromatic nitrogens is 3. The van der Waals surface area contributed by atoms with Crippen molar-refractivity contribution in [3.05, 3.63) is 107 Å². The van der Waals surface area contributed by atoms with E-state index in [1.807, 2.05) is 42.7 Å². The molecule has 0 bridgehead atoms. The lowest BCUT2D eigenvalue weighted by Crippen LogP contribution is -2.29. The molecule has 162 valence electrons. The standard InChI is InChI=1S/C25H25N5OS/c1-17-13-21(18(2)29(17)16-20-8-6-12-31-20)24-23(22-9-3-4-11-27-22)28-25(32)30(24)15-19-7-5-10-26-14-19/h3-14,23-24H,15-16H2,1-2H3,(H,28,32)/t23-,24-/m1/s1. The Bertz CT molecular complexity index is 1200. The van der Waals surface area contributed by atoms with Gasteiger partial charge in [-0.25, -0.2) is 0 Å². The molecule has 2 atom stereocenters. The van der Waals surface area contributed by atoms with E-state index < -0.39 is 0 Å². The molecule has 0 aliphatic carbocycles. The molecule has 32 heavy (non-hydrogen) atoms.